The van der Waals surface area contributed by atoms with Gasteiger partial charge in [0.15, 0.2) is 13.2 Å². The molecule has 0 bridgehead atoms. The first-order valence-corrected chi connectivity index (χ1v) is 9.27. The van der Waals surface area contributed by atoms with E-state index >= 15 is 0 Å². The summed E-state index contributed by atoms with van der Waals surface area (Å²) in [6, 6.07) is 13.9. The van der Waals surface area contributed by atoms with Gasteiger partial charge in [0.05, 0.1) is 12.3 Å². The van der Waals surface area contributed by atoms with Crippen LogP contribution in [0.2, 0.25) is 0 Å². The molecule has 0 aliphatic carbocycles. The quantitative estimate of drug-likeness (QED) is 0.686. The van der Waals surface area contributed by atoms with Gasteiger partial charge in [0.1, 0.15) is 11.5 Å². The number of hydrogen-bond donors (Lipinski definition) is 1. The molecule has 29 heavy (non-hydrogen) atoms. The molecule has 2 aromatic rings. The number of hydrogen-bond acceptors (Lipinski definition) is 6. The number of amides is 2. The molecular formula is C21H22N2O6. The third-order valence-electron chi connectivity index (χ3n) is 4.15. The second kappa shape index (κ2) is 9.59. The highest BCUT2D eigenvalue weighted by Crippen LogP contribution is 2.31. The first kappa shape index (κ1) is 20.2. The highest BCUT2D eigenvalue weighted by Gasteiger charge is 2.25. The third kappa shape index (κ3) is 5.47. The molecular weight excluding hydrogens is 376 g/mol. The number of anilines is 2. The van der Waals surface area contributed by atoms with E-state index in [0.717, 1.165) is 0 Å². The van der Waals surface area contributed by atoms with Crippen LogP contribution in [-0.2, 0) is 19.1 Å². The SMILES string of the molecule is CCOC(=O)COc1cccc(NC(=O)CCN2C(=O)COc3ccccc32)c1. The lowest BCUT2D eigenvalue weighted by Gasteiger charge is -2.29. The second-order valence-electron chi connectivity index (χ2n) is 6.22. The molecule has 0 atom stereocenters. The van der Waals surface area contributed by atoms with Gasteiger partial charge in [0.2, 0.25) is 5.91 Å². The average molecular weight is 398 g/mol. The smallest absolute Gasteiger partial charge is 0.344 e. The first-order valence-electron chi connectivity index (χ1n) is 9.27. The Morgan fingerprint density at radius 1 is 1.17 bits per heavy atom. The van der Waals surface area contributed by atoms with Crippen LogP contribution < -0.4 is 19.7 Å². The Hall–Kier alpha value is -3.55. The monoisotopic (exact) mass is 398 g/mol. The summed E-state index contributed by atoms with van der Waals surface area (Å²) in [5, 5.41) is 2.77. The van der Waals surface area contributed by atoms with E-state index in [1.165, 1.54) is 0 Å². The molecule has 0 saturated carbocycles. The van der Waals surface area contributed by atoms with Gasteiger partial charge in [-0.05, 0) is 31.2 Å². The van der Waals surface area contributed by atoms with E-state index in [2.05, 4.69) is 5.32 Å². The lowest BCUT2D eigenvalue weighted by Crippen LogP contribution is -2.40. The minimum absolute atomic E-state index is 0.0432. The van der Waals surface area contributed by atoms with Gasteiger partial charge in [-0.25, -0.2) is 4.79 Å². The number of esters is 1. The summed E-state index contributed by atoms with van der Waals surface area (Å²) in [4.78, 5) is 37.4. The van der Waals surface area contributed by atoms with Crippen LogP contribution in [0.25, 0.3) is 0 Å². The minimum Gasteiger partial charge on any atom is -0.482 e. The van der Waals surface area contributed by atoms with E-state index in [1.807, 2.05) is 12.1 Å². The van der Waals surface area contributed by atoms with Crippen LogP contribution in [0.3, 0.4) is 0 Å². The fourth-order valence-corrected chi connectivity index (χ4v) is 2.84. The summed E-state index contributed by atoms with van der Waals surface area (Å²) < 4.78 is 15.6. The number of ether oxygens (including phenoxy) is 3. The Morgan fingerprint density at radius 2 is 2.00 bits per heavy atom. The molecule has 2 amide bonds. The van der Waals surface area contributed by atoms with E-state index in [-0.39, 0.29) is 44.6 Å². The Morgan fingerprint density at radius 3 is 2.83 bits per heavy atom. The summed E-state index contributed by atoms with van der Waals surface area (Å²) in [6.45, 7) is 2.00. The summed E-state index contributed by atoms with van der Waals surface area (Å²) in [6.07, 6.45) is 0.119. The van der Waals surface area contributed by atoms with Gasteiger partial charge in [0, 0.05) is 24.7 Å². The Kier molecular flexibility index (Phi) is 6.67. The number of nitrogens with zero attached hydrogens (tertiary/aromatic N) is 1. The van der Waals surface area contributed by atoms with Crippen LogP contribution >= 0.6 is 0 Å². The number of rotatable bonds is 8. The van der Waals surface area contributed by atoms with Gasteiger partial charge in [-0.15, -0.1) is 0 Å². The molecule has 152 valence electrons. The molecule has 1 aliphatic heterocycles. The molecule has 8 nitrogen and oxygen atoms in total. The van der Waals surface area contributed by atoms with E-state index in [4.69, 9.17) is 14.2 Å². The van der Waals surface area contributed by atoms with E-state index in [9.17, 15) is 14.4 Å². The van der Waals surface area contributed by atoms with Crippen molar-refractivity contribution in [2.45, 2.75) is 13.3 Å². The molecule has 1 heterocycles. The number of nitrogens with one attached hydrogen (secondary N) is 1. The van der Waals surface area contributed by atoms with Crippen LogP contribution in [0.5, 0.6) is 11.5 Å². The van der Waals surface area contributed by atoms with Gasteiger partial charge >= 0.3 is 5.97 Å². The van der Waals surface area contributed by atoms with Gasteiger partial charge in [-0.3, -0.25) is 9.59 Å². The normalized spacial score (nSPS) is 12.6. The van der Waals surface area contributed by atoms with Crippen LogP contribution in [0.1, 0.15) is 13.3 Å². The van der Waals surface area contributed by atoms with Crippen molar-refractivity contribution < 1.29 is 28.6 Å². The van der Waals surface area contributed by atoms with Crippen molar-refractivity contribution in [2.24, 2.45) is 0 Å². The maximum atomic E-state index is 12.3. The number of fused-ring (bicyclic) bond motifs is 1. The molecule has 1 aliphatic rings. The Balaban J connectivity index is 1.54. The standard InChI is InChI=1S/C21H22N2O6/c1-2-27-21(26)14-28-16-7-5-6-15(12-16)22-19(24)10-11-23-17-8-3-4-9-18(17)29-13-20(23)25/h3-9,12H,2,10-11,13-14H2,1H3,(H,22,24). The first-order chi connectivity index (χ1) is 14.1. The van der Waals surface area contributed by atoms with Crippen molar-refractivity contribution in [1.82, 2.24) is 0 Å². The maximum Gasteiger partial charge on any atom is 0.344 e. The summed E-state index contributed by atoms with van der Waals surface area (Å²) in [5.41, 5.74) is 1.19. The van der Waals surface area contributed by atoms with Gasteiger partial charge in [0.25, 0.3) is 5.91 Å². The van der Waals surface area contributed by atoms with Gasteiger partial charge in [-0.1, -0.05) is 18.2 Å². The number of carbonyl (C=O) groups excluding carboxylic acids is 3. The molecule has 1 N–H and O–H groups in total. The summed E-state index contributed by atoms with van der Waals surface area (Å²) >= 11 is 0. The number of benzene rings is 2. The Bertz CT molecular complexity index is 898. The number of carbonyl (C=O) groups is 3. The Labute approximate surface area is 168 Å². The van der Waals surface area contributed by atoms with Crippen molar-refractivity contribution in [2.75, 3.05) is 36.6 Å². The molecule has 0 saturated heterocycles. The molecule has 0 spiro atoms. The maximum absolute atomic E-state index is 12.3. The third-order valence-corrected chi connectivity index (χ3v) is 4.15. The molecule has 3 rings (SSSR count). The summed E-state index contributed by atoms with van der Waals surface area (Å²) in [5.74, 6) is 0.166. The molecule has 0 aromatic heterocycles. The molecule has 8 heteroatoms. The van der Waals surface area contributed by atoms with Crippen LogP contribution in [0.4, 0.5) is 11.4 Å². The van der Waals surface area contributed by atoms with Crippen molar-refractivity contribution in [3.63, 3.8) is 0 Å². The van der Waals surface area contributed by atoms with Crippen molar-refractivity contribution >= 4 is 29.2 Å². The molecule has 0 radical (unpaired) electrons. The minimum atomic E-state index is -0.461. The van der Waals surface area contributed by atoms with Crippen LogP contribution in [-0.4, -0.2) is 44.1 Å². The van der Waals surface area contributed by atoms with E-state index in [1.54, 1.807) is 48.2 Å². The number of para-hydroxylation sites is 2. The van der Waals surface area contributed by atoms with Crippen molar-refractivity contribution in [3.05, 3.63) is 48.5 Å². The largest absolute Gasteiger partial charge is 0.482 e. The highest BCUT2D eigenvalue weighted by molar-refractivity contribution is 5.99. The predicted octanol–water partition coefficient (Wildman–Crippen LogP) is 2.38. The molecule has 0 fully saturated rings. The second-order valence-corrected chi connectivity index (χ2v) is 6.22. The fraction of sp³-hybridized carbons (Fsp3) is 0.286. The molecule has 2 aromatic carbocycles. The van der Waals surface area contributed by atoms with Crippen LogP contribution in [0, 0.1) is 0 Å². The van der Waals surface area contributed by atoms with Crippen molar-refractivity contribution in [3.8, 4) is 11.5 Å². The highest BCUT2D eigenvalue weighted by atomic mass is 16.6. The van der Waals surface area contributed by atoms with Gasteiger partial charge in [-0.2, -0.15) is 0 Å². The van der Waals surface area contributed by atoms with E-state index in [0.29, 0.717) is 22.9 Å². The topological polar surface area (TPSA) is 94.2 Å². The molecule has 0 unspecified atom stereocenters. The van der Waals surface area contributed by atoms with Crippen molar-refractivity contribution in [1.29, 1.82) is 0 Å². The zero-order valence-corrected chi connectivity index (χ0v) is 16.1. The van der Waals surface area contributed by atoms with E-state index < -0.39 is 5.97 Å². The zero-order chi connectivity index (χ0) is 20.6. The predicted molar refractivity (Wildman–Crippen MR) is 106 cm³/mol. The average Bonchev–Trinajstić information content (AvgIpc) is 2.72. The fourth-order valence-electron chi connectivity index (χ4n) is 2.84. The zero-order valence-electron chi connectivity index (χ0n) is 16.1. The lowest BCUT2D eigenvalue weighted by atomic mass is 10.2. The van der Waals surface area contributed by atoms with Crippen LogP contribution in [0.15, 0.2) is 48.5 Å². The summed E-state index contributed by atoms with van der Waals surface area (Å²) in [7, 11) is 0. The van der Waals surface area contributed by atoms with Gasteiger partial charge < -0.3 is 24.4 Å². The lowest BCUT2D eigenvalue weighted by molar-refractivity contribution is -0.145.